The van der Waals surface area contributed by atoms with E-state index in [1.54, 1.807) is 31.5 Å². The van der Waals surface area contributed by atoms with E-state index >= 15 is 0 Å². The van der Waals surface area contributed by atoms with Crippen molar-refractivity contribution in [1.29, 1.82) is 0 Å². The zero-order valence-electron chi connectivity index (χ0n) is 14.0. The molecular formula is C19H16N4O3. The van der Waals surface area contributed by atoms with Crippen molar-refractivity contribution in [2.24, 2.45) is 5.10 Å². The van der Waals surface area contributed by atoms with Gasteiger partial charge in [-0.25, -0.2) is 10.4 Å². The molecule has 0 saturated heterocycles. The lowest BCUT2D eigenvalue weighted by atomic mass is 10.1. The Kier molecular flexibility index (Phi) is 4.10. The number of hydrazone groups is 1. The van der Waals surface area contributed by atoms with Crippen molar-refractivity contribution >= 4 is 28.7 Å². The van der Waals surface area contributed by atoms with Crippen LogP contribution in [0.15, 0.2) is 59.5 Å². The van der Waals surface area contributed by atoms with Gasteiger partial charge in [-0.15, -0.1) is 0 Å². The number of nitrogens with zero attached hydrogens (tertiary/aromatic N) is 2. The normalized spacial score (nSPS) is 15.2. The van der Waals surface area contributed by atoms with E-state index in [0.29, 0.717) is 17.0 Å². The summed E-state index contributed by atoms with van der Waals surface area (Å²) < 4.78 is 10.9. The maximum absolute atomic E-state index is 12.1. The predicted octanol–water partition coefficient (Wildman–Crippen LogP) is 2.52. The number of amides is 1. The summed E-state index contributed by atoms with van der Waals surface area (Å²) in [6.45, 7) is 0.178. The number of rotatable bonds is 5. The minimum absolute atomic E-state index is 0.178. The van der Waals surface area contributed by atoms with Crippen LogP contribution in [0.1, 0.15) is 5.56 Å². The molecule has 7 heteroatoms. The Hall–Kier alpha value is -3.61. The molecule has 3 heterocycles. The van der Waals surface area contributed by atoms with Crippen LogP contribution in [0.25, 0.3) is 17.1 Å². The molecule has 26 heavy (non-hydrogen) atoms. The fourth-order valence-electron chi connectivity index (χ4n) is 2.70. The highest BCUT2D eigenvalue weighted by molar-refractivity contribution is 6.28. The molecule has 2 N–H and O–H groups in total. The Morgan fingerprint density at radius 2 is 1.96 bits per heavy atom. The number of carbonyl (C=O) groups is 1. The van der Waals surface area contributed by atoms with Crippen LogP contribution < -0.4 is 14.9 Å². The average Bonchev–Trinajstić information content (AvgIpc) is 3.25. The third kappa shape index (κ3) is 3.02. The number of carbonyl (C=O) groups excluding carboxylic acids is 1. The van der Waals surface area contributed by atoms with E-state index in [9.17, 15) is 4.79 Å². The van der Waals surface area contributed by atoms with E-state index in [0.717, 1.165) is 22.3 Å². The quantitative estimate of drug-likeness (QED) is 0.694. The lowest BCUT2D eigenvalue weighted by Crippen LogP contribution is -2.16. The van der Waals surface area contributed by atoms with Gasteiger partial charge in [0.25, 0.3) is 5.91 Å². The monoisotopic (exact) mass is 348 g/mol. The Morgan fingerprint density at radius 3 is 2.77 bits per heavy atom. The molecule has 1 aromatic carbocycles. The molecule has 130 valence electrons. The molecule has 1 aliphatic heterocycles. The molecule has 0 bridgehead atoms. The number of H-pyrrole nitrogens is 1. The third-order valence-corrected chi connectivity index (χ3v) is 4.07. The SMILES string of the molecule is COc1ccc(OCC2=NNC(=O)/C2=C\c2c[nH]c3ncccc23)cc1. The minimum atomic E-state index is -0.253. The summed E-state index contributed by atoms with van der Waals surface area (Å²) in [7, 11) is 1.61. The fraction of sp³-hybridized carbons (Fsp3) is 0.105. The highest BCUT2D eigenvalue weighted by Crippen LogP contribution is 2.21. The first-order chi connectivity index (χ1) is 12.7. The molecule has 0 aliphatic carbocycles. The molecule has 1 aliphatic rings. The summed E-state index contributed by atoms with van der Waals surface area (Å²) in [6.07, 6.45) is 5.32. The first kappa shape index (κ1) is 15.9. The van der Waals surface area contributed by atoms with Crippen molar-refractivity contribution in [1.82, 2.24) is 15.4 Å². The first-order valence-corrected chi connectivity index (χ1v) is 8.02. The van der Waals surface area contributed by atoms with Crippen molar-refractivity contribution in [3.63, 3.8) is 0 Å². The number of methoxy groups -OCH3 is 1. The fourth-order valence-corrected chi connectivity index (χ4v) is 2.70. The van der Waals surface area contributed by atoms with Crippen molar-refractivity contribution in [2.75, 3.05) is 13.7 Å². The summed E-state index contributed by atoms with van der Waals surface area (Å²) in [5.74, 6) is 1.17. The smallest absolute Gasteiger partial charge is 0.273 e. The molecule has 3 aromatic rings. The minimum Gasteiger partial charge on any atom is -0.497 e. The van der Waals surface area contributed by atoms with E-state index in [4.69, 9.17) is 9.47 Å². The van der Waals surface area contributed by atoms with Crippen LogP contribution in [-0.2, 0) is 4.79 Å². The van der Waals surface area contributed by atoms with Crippen molar-refractivity contribution in [3.05, 3.63) is 59.9 Å². The Labute approximate surface area is 149 Å². The van der Waals surface area contributed by atoms with Crippen LogP contribution in [0.4, 0.5) is 0 Å². The number of hydrogen-bond acceptors (Lipinski definition) is 5. The van der Waals surface area contributed by atoms with Crippen LogP contribution >= 0.6 is 0 Å². The van der Waals surface area contributed by atoms with Gasteiger partial charge >= 0.3 is 0 Å². The first-order valence-electron chi connectivity index (χ1n) is 8.02. The third-order valence-electron chi connectivity index (χ3n) is 4.07. The lowest BCUT2D eigenvalue weighted by molar-refractivity contribution is -0.116. The largest absolute Gasteiger partial charge is 0.497 e. The number of fused-ring (bicyclic) bond motifs is 1. The molecular weight excluding hydrogens is 332 g/mol. The van der Waals surface area contributed by atoms with E-state index in [2.05, 4.69) is 20.5 Å². The van der Waals surface area contributed by atoms with Gasteiger partial charge in [0.05, 0.1) is 12.7 Å². The zero-order chi connectivity index (χ0) is 17.9. The van der Waals surface area contributed by atoms with Crippen LogP contribution in [0.2, 0.25) is 0 Å². The Bertz CT molecular complexity index is 1020. The van der Waals surface area contributed by atoms with Crippen LogP contribution in [0, 0.1) is 0 Å². The molecule has 0 spiro atoms. The molecule has 1 amide bonds. The molecule has 4 rings (SSSR count). The summed E-state index contributed by atoms with van der Waals surface area (Å²) in [5, 5.41) is 5.02. The van der Waals surface area contributed by atoms with Crippen molar-refractivity contribution < 1.29 is 14.3 Å². The second-order valence-electron chi connectivity index (χ2n) is 5.67. The maximum Gasteiger partial charge on any atom is 0.273 e. The summed E-state index contributed by atoms with van der Waals surface area (Å²) in [4.78, 5) is 19.5. The van der Waals surface area contributed by atoms with E-state index in [1.165, 1.54) is 0 Å². The molecule has 7 nitrogen and oxygen atoms in total. The Balaban J connectivity index is 1.55. The van der Waals surface area contributed by atoms with Gasteiger partial charge < -0.3 is 14.5 Å². The van der Waals surface area contributed by atoms with Crippen molar-refractivity contribution in [3.8, 4) is 11.5 Å². The van der Waals surface area contributed by atoms with Crippen LogP contribution in [0.3, 0.4) is 0 Å². The van der Waals surface area contributed by atoms with Crippen molar-refractivity contribution in [2.45, 2.75) is 0 Å². The number of benzene rings is 1. The number of ether oxygens (including phenoxy) is 2. The predicted molar refractivity (Wildman–Crippen MR) is 98.1 cm³/mol. The van der Waals surface area contributed by atoms with Gasteiger partial charge in [0, 0.05) is 23.3 Å². The highest BCUT2D eigenvalue weighted by atomic mass is 16.5. The standard InChI is InChI=1S/C19H16N4O3/c1-25-13-4-6-14(7-5-13)26-11-17-16(19(24)23-22-17)9-12-10-21-18-15(12)3-2-8-20-18/h2-10H,11H2,1H3,(H,20,21)(H,23,24)/b16-9-. The molecule has 0 radical (unpaired) electrons. The molecule has 0 atom stereocenters. The van der Waals surface area contributed by atoms with Gasteiger partial charge in [0.15, 0.2) is 0 Å². The zero-order valence-corrected chi connectivity index (χ0v) is 14.0. The number of aromatic amines is 1. The van der Waals surface area contributed by atoms with Gasteiger partial charge in [-0.1, -0.05) is 0 Å². The summed E-state index contributed by atoms with van der Waals surface area (Å²) in [6, 6.07) is 11.0. The molecule has 0 fully saturated rings. The lowest BCUT2D eigenvalue weighted by Gasteiger charge is -2.07. The number of aromatic nitrogens is 2. The number of pyridine rings is 1. The van der Waals surface area contributed by atoms with Crippen LogP contribution in [-0.4, -0.2) is 35.3 Å². The highest BCUT2D eigenvalue weighted by Gasteiger charge is 2.23. The second-order valence-corrected chi connectivity index (χ2v) is 5.67. The summed E-state index contributed by atoms with van der Waals surface area (Å²) in [5.41, 5.74) is 5.15. The Morgan fingerprint density at radius 1 is 1.15 bits per heavy atom. The van der Waals surface area contributed by atoms with Gasteiger partial charge in [-0.2, -0.15) is 5.10 Å². The number of hydrogen-bond donors (Lipinski definition) is 2. The van der Waals surface area contributed by atoms with E-state index < -0.39 is 0 Å². The van der Waals surface area contributed by atoms with Gasteiger partial charge in [-0.3, -0.25) is 4.79 Å². The van der Waals surface area contributed by atoms with Gasteiger partial charge in [-0.05, 0) is 42.5 Å². The summed E-state index contributed by atoms with van der Waals surface area (Å²) >= 11 is 0. The van der Waals surface area contributed by atoms with Gasteiger partial charge in [0.2, 0.25) is 0 Å². The van der Waals surface area contributed by atoms with E-state index in [-0.39, 0.29) is 12.5 Å². The van der Waals surface area contributed by atoms with E-state index in [1.807, 2.05) is 30.5 Å². The van der Waals surface area contributed by atoms with Crippen LogP contribution in [0.5, 0.6) is 11.5 Å². The topological polar surface area (TPSA) is 88.6 Å². The number of nitrogens with one attached hydrogen (secondary N) is 2. The molecule has 0 unspecified atom stereocenters. The van der Waals surface area contributed by atoms with Gasteiger partial charge in [0.1, 0.15) is 29.5 Å². The maximum atomic E-state index is 12.1. The molecule has 2 aromatic heterocycles. The average molecular weight is 348 g/mol. The molecule has 0 saturated carbocycles. The second kappa shape index (κ2) is 6.72.